The average molecular weight is 455 g/mol. The number of fused-ring (bicyclic) bond motifs is 1. The number of urea groups is 1. The number of hydrogen-bond acceptors (Lipinski definition) is 3. The van der Waals surface area contributed by atoms with E-state index in [9.17, 15) is 27.2 Å². The number of piperidine rings is 1. The van der Waals surface area contributed by atoms with E-state index in [1.165, 1.54) is 6.07 Å². The van der Waals surface area contributed by atoms with Gasteiger partial charge in [0.05, 0.1) is 17.7 Å². The zero-order valence-electron chi connectivity index (χ0n) is 17.5. The van der Waals surface area contributed by atoms with Gasteiger partial charge in [-0.3, -0.25) is 4.79 Å². The summed E-state index contributed by atoms with van der Waals surface area (Å²) in [5.41, 5.74) is -0.617. The Labute approximate surface area is 182 Å². The molecule has 1 spiro atoms. The molecule has 0 radical (unpaired) electrons. The van der Waals surface area contributed by atoms with Gasteiger partial charge in [-0.2, -0.15) is 13.2 Å². The van der Waals surface area contributed by atoms with Gasteiger partial charge in [0.25, 0.3) is 0 Å². The largest absolute Gasteiger partial charge is 0.416 e. The smallest absolute Gasteiger partial charge is 0.366 e. The molecule has 1 aromatic carbocycles. The molecule has 6 nitrogen and oxygen atoms in total. The van der Waals surface area contributed by atoms with Crippen LogP contribution in [0.5, 0.6) is 0 Å². The molecule has 0 aromatic heterocycles. The minimum absolute atomic E-state index is 0.0360. The molecule has 1 N–H and O–H groups in total. The summed E-state index contributed by atoms with van der Waals surface area (Å²) in [7, 11) is 0. The molecule has 0 bridgehead atoms. The van der Waals surface area contributed by atoms with Gasteiger partial charge in [0, 0.05) is 31.6 Å². The molecule has 3 heterocycles. The zero-order valence-corrected chi connectivity index (χ0v) is 17.5. The van der Waals surface area contributed by atoms with Crippen molar-refractivity contribution < 1.29 is 31.9 Å². The number of benzene rings is 1. The number of carbonyl (C=O) groups is 2. The van der Waals surface area contributed by atoms with E-state index in [0.717, 1.165) is 18.9 Å². The highest BCUT2D eigenvalue weighted by molar-refractivity contribution is 5.79. The average Bonchev–Trinajstić information content (AvgIpc) is 2.68. The predicted molar refractivity (Wildman–Crippen MR) is 105 cm³/mol. The Balaban J connectivity index is 1.10. The number of nitrogens with zero attached hydrogens (tertiary/aromatic N) is 2. The van der Waals surface area contributed by atoms with E-state index in [-0.39, 0.29) is 42.0 Å². The Bertz CT molecular complexity index is 923. The maximum Gasteiger partial charge on any atom is 0.416 e. The second-order valence-electron chi connectivity index (χ2n) is 9.68. The monoisotopic (exact) mass is 455 g/mol. The van der Waals surface area contributed by atoms with Crippen molar-refractivity contribution in [1.82, 2.24) is 15.1 Å². The molecule has 3 amide bonds. The third-order valence-electron chi connectivity index (χ3n) is 7.25. The fraction of sp³-hybridized carbons (Fsp3) is 0.636. The first-order valence-electron chi connectivity index (χ1n) is 10.9. The van der Waals surface area contributed by atoms with Crippen molar-refractivity contribution in [3.05, 3.63) is 35.1 Å². The lowest BCUT2D eigenvalue weighted by atomic mass is 9.56. The van der Waals surface area contributed by atoms with Gasteiger partial charge in [0.15, 0.2) is 0 Å². The van der Waals surface area contributed by atoms with Gasteiger partial charge >= 0.3 is 12.2 Å². The highest BCUT2D eigenvalue weighted by atomic mass is 19.4. The number of likely N-dealkylation sites (tertiary alicyclic amines) is 2. The van der Waals surface area contributed by atoms with Crippen molar-refractivity contribution in [2.45, 2.75) is 44.0 Å². The molecule has 5 rings (SSSR count). The van der Waals surface area contributed by atoms with Crippen molar-refractivity contribution in [1.29, 1.82) is 0 Å². The van der Waals surface area contributed by atoms with Crippen LogP contribution in [0.4, 0.5) is 22.4 Å². The normalized spacial score (nSPS) is 27.4. The van der Waals surface area contributed by atoms with Gasteiger partial charge in [-0.15, -0.1) is 0 Å². The maximum absolute atomic E-state index is 14.1. The lowest BCUT2D eigenvalue weighted by molar-refractivity contribution is -0.140. The standard InChI is InChI=1S/C22H25F4N3O3/c23-16-6-15(22(24,25)26)2-1-14(16)5-13-7-21(8-13)11-29(12-21)20(31)28-4-3-18-17(9-28)27-19(30)10-32-18/h1-2,6,13,17-18H,3-5,7-12H2,(H,27,30)/t17-,18+/m1/s1. The zero-order chi connectivity index (χ0) is 22.7. The van der Waals surface area contributed by atoms with Gasteiger partial charge in [0.2, 0.25) is 5.91 Å². The van der Waals surface area contributed by atoms with Crippen LogP contribution in [0.25, 0.3) is 0 Å². The Morgan fingerprint density at radius 3 is 2.66 bits per heavy atom. The van der Waals surface area contributed by atoms with Gasteiger partial charge in [0.1, 0.15) is 12.4 Å². The van der Waals surface area contributed by atoms with E-state index in [4.69, 9.17) is 4.74 Å². The van der Waals surface area contributed by atoms with Crippen LogP contribution in [0.15, 0.2) is 18.2 Å². The molecule has 4 fully saturated rings. The van der Waals surface area contributed by atoms with Crippen LogP contribution in [0.2, 0.25) is 0 Å². The quantitative estimate of drug-likeness (QED) is 0.698. The molecular weight excluding hydrogens is 430 g/mol. The molecule has 0 unspecified atom stereocenters. The molecule has 32 heavy (non-hydrogen) atoms. The molecule has 10 heteroatoms. The van der Waals surface area contributed by atoms with Crippen LogP contribution >= 0.6 is 0 Å². The number of ether oxygens (including phenoxy) is 1. The number of nitrogens with one attached hydrogen (secondary N) is 1. The fourth-order valence-corrected chi connectivity index (χ4v) is 5.74. The third-order valence-corrected chi connectivity index (χ3v) is 7.25. The topological polar surface area (TPSA) is 61.9 Å². The predicted octanol–water partition coefficient (Wildman–Crippen LogP) is 2.81. The third kappa shape index (κ3) is 3.93. The van der Waals surface area contributed by atoms with Gasteiger partial charge in [-0.1, -0.05) is 6.07 Å². The highest BCUT2D eigenvalue weighted by Gasteiger charge is 2.54. The van der Waals surface area contributed by atoms with Crippen molar-refractivity contribution in [2.75, 3.05) is 32.8 Å². The van der Waals surface area contributed by atoms with Crippen molar-refractivity contribution in [3.63, 3.8) is 0 Å². The van der Waals surface area contributed by atoms with Crippen LogP contribution in [-0.2, 0) is 22.1 Å². The molecule has 174 valence electrons. The number of halogens is 4. The summed E-state index contributed by atoms with van der Waals surface area (Å²) in [5, 5.41) is 2.89. The summed E-state index contributed by atoms with van der Waals surface area (Å²) >= 11 is 0. The van der Waals surface area contributed by atoms with Crippen molar-refractivity contribution in [2.24, 2.45) is 11.3 Å². The minimum Gasteiger partial charge on any atom is -0.366 e. The summed E-state index contributed by atoms with van der Waals surface area (Å²) in [5.74, 6) is -0.759. The molecule has 1 saturated carbocycles. The SMILES string of the molecule is O=C1CO[C@H]2CCN(C(=O)N3CC4(CC(Cc5ccc(C(F)(F)F)cc5F)C4)C3)C[C@H]2N1. The first-order chi connectivity index (χ1) is 15.1. The van der Waals surface area contributed by atoms with E-state index >= 15 is 0 Å². The van der Waals surface area contributed by atoms with E-state index in [1.807, 2.05) is 0 Å². The lowest BCUT2D eigenvalue weighted by Crippen LogP contribution is -2.68. The van der Waals surface area contributed by atoms with Crippen LogP contribution in [-0.4, -0.2) is 66.7 Å². The van der Waals surface area contributed by atoms with Crippen LogP contribution < -0.4 is 5.32 Å². The number of morpholine rings is 1. The highest BCUT2D eigenvalue weighted by Crippen LogP contribution is 2.53. The Morgan fingerprint density at radius 2 is 1.97 bits per heavy atom. The van der Waals surface area contributed by atoms with E-state index in [2.05, 4.69) is 5.32 Å². The van der Waals surface area contributed by atoms with Crippen LogP contribution in [0.3, 0.4) is 0 Å². The molecule has 2 atom stereocenters. The van der Waals surface area contributed by atoms with E-state index < -0.39 is 17.6 Å². The second-order valence-corrected chi connectivity index (χ2v) is 9.68. The first-order valence-corrected chi connectivity index (χ1v) is 10.9. The molecule has 1 aromatic rings. The number of amides is 3. The molecule has 3 aliphatic heterocycles. The maximum atomic E-state index is 14.1. The Morgan fingerprint density at radius 1 is 1.22 bits per heavy atom. The number of alkyl halides is 3. The van der Waals surface area contributed by atoms with Gasteiger partial charge in [-0.25, -0.2) is 9.18 Å². The van der Waals surface area contributed by atoms with Crippen molar-refractivity contribution in [3.8, 4) is 0 Å². The second kappa shape index (κ2) is 7.60. The minimum atomic E-state index is -4.55. The number of rotatable bonds is 2. The molecular formula is C22H25F4N3O3. The van der Waals surface area contributed by atoms with E-state index in [0.29, 0.717) is 50.7 Å². The van der Waals surface area contributed by atoms with Crippen LogP contribution in [0, 0.1) is 17.2 Å². The first kappa shape index (κ1) is 21.5. The molecule has 3 saturated heterocycles. The van der Waals surface area contributed by atoms with E-state index in [1.54, 1.807) is 9.80 Å². The molecule has 4 aliphatic rings. The Kier molecular flexibility index (Phi) is 5.11. The number of carbonyl (C=O) groups excluding carboxylic acids is 2. The van der Waals surface area contributed by atoms with Gasteiger partial charge < -0.3 is 19.9 Å². The summed E-state index contributed by atoms with van der Waals surface area (Å²) < 4.78 is 57.8. The summed E-state index contributed by atoms with van der Waals surface area (Å²) in [6.07, 6.45) is -1.81. The van der Waals surface area contributed by atoms with Crippen LogP contribution in [0.1, 0.15) is 30.4 Å². The summed E-state index contributed by atoms with van der Waals surface area (Å²) in [4.78, 5) is 28.0. The number of hydrogen-bond donors (Lipinski definition) is 1. The lowest BCUT2D eigenvalue weighted by Gasteiger charge is -2.60. The fourth-order valence-electron chi connectivity index (χ4n) is 5.74. The van der Waals surface area contributed by atoms with Gasteiger partial charge in [-0.05, 0) is 49.3 Å². The Hall–Kier alpha value is -2.36. The molecule has 1 aliphatic carbocycles. The van der Waals surface area contributed by atoms with Crippen molar-refractivity contribution >= 4 is 11.9 Å². The summed E-state index contributed by atoms with van der Waals surface area (Å²) in [6.45, 7) is 2.39. The summed E-state index contributed by atoms with van der Waals surface area (Å²) in [6, 6.07) is 2.52.